The topological polar surface area (TPSA) is 55.1 Å². The van der Waals surface area contributed by atoms with Gasteiger partial charge >= 0.3 is 0 Å². The Morgan fingerprint density at radius 3 is 2.62 bits per heavy atom. The summed E-state index contributed by atoms with van der Waals surface area (Å²) in [7, 11) is 0. The molecule has 0 aromatic heterocycles. The molecule has 0 saturated carbocycles. The third-order valence-corrected chi connectivity index (χ3v) is 2.48. The fourth-order valence-electron chi connectivity index (χ4n) is 1.11. The van der Waals surface area contributed by atoms with Gasteiger partial charge in [0.25, 0.3) is 0 Å². The molecule has 1 amide bonds. The molecule has 0 radical (unpaired) electrons. The zero-order chi connectivity index (χ0) is 12.3. The van der Waals surface area contributed by atoms with Crippen molar-refractivity contribution in [2.24, 2.45) is 11.7 Å². The molecule has 3 N–H and O–H groups in total. The number of thiocarbonyl (C=S) groups is 1. The van der Waals surface area contributed by atoms with Crippen molar-refractivity contribution in [3.63, 3.8) is 0 Å². The number of carbonyl (C=O) groups excluding carboxylic acids is 1. The molecule has 0 aliphatic heterocycles. The molecule has 1 aromatic carbocycles. The largest absolute Gasteiger partial charge is 0.389 e. The molecule has 0 spiro atoms. The molecule has 0 unspecified atom stereocenters. The molecule has 0 bridgehead atoms. The predicted octanol–water partition coefficient (Wildman–Crippen LogP) is 2.57. The summed E-state index contributed by atoms with van der Waals surface area (Å²) in [6.45, 7) is 3.61. The maximum absolute atomic E-state index is 11.6. The van der Waals surface area contributed by atoms with Crippen LogP contribution >= 0.6 is 23.8 Å². The maximum atomic E-state index is 11.6. The summed E-state index contributed by atoms with van der Waals surface area (Å²) in [5.74, 6) is -0.210. The minimum absolute atomic E-state index is 0.0974. The maximum Gasteiger partial charge on any atom is 0.226 e. The third-order valence-electron chi connectivity index (χ3n) is 2.03. The lowest BCUT2D eigenvalue weighted by atomic mass is 10.1. The zero-order valence-corrected chi connectivity index (χ0v) is 10.7. The van der Waals surface area contributed by atoms with Crippen LogP contribution in [0.4, 0.5) is 5.69 Å². The molecule has 0 aliphatic rings. The van der Waals surface area contributed by atoms with E-state index in [0.29, 0.717) is 16.3 Å². The number of benzene rings is 1. The van der Waals surface area contributed by atoms with Gasteiger partial charge < -0.3 is 11.1 Å². The summed E-state index contributed by atoms with van der Waals surface area (Å²) in [4.78, 5) is 11.8. The summed E-state index contributed by atoms with van der Waals surface area (Å²) in [6.07, 6.45) is 0. The third kappa shape index (κ3) is 3.18. The van der Waals surface area contributed by atoms with E-state index in [2.05, 4.69) is 5.32 Å². The molecule has 1 rings (SSSR count). The van der Waals surface area contributed by atoms with Crippen LogP contribution in [-0.2, 0) is 4.79 Å². The summed E-state index contributed by atoms with van der Waals surface area (Å²) in [6, 6.07) is 5.01. The quantitative estimate of drug-likeness (QED) is 0.818. The van der Waals surface area contributed by atoms with Crippen LogP contribution in [0.2, 0.25) is 5.02 Å². The summed E-state index contributed by atoms with van der Waals surface area (Å²) in [5.41, 5.74) is 6.73. The Labute approximate surface area is 105 Å². The van der Waals surface area contributed by atoms with Crippen molar-refractivity contribution in [1.29, 1.82) is 0 Å². The van der Waals surface area contributed by atoms with E-state index in [1.807, 2.05) is 0 Å². The lowest BCUT2D eigenvalue weighted by Crippen LogP contribution is -2.21. The first kappa shape index (κ1) is 12.9. The highest BCUT2D eigenvalue weighted by molar-refractivity contribution is 7.80. The number of halogens is 1. The SMILES string of the molecule is CC(C)C(=O)Nc1cc(Cl)ccc1C(N)=S. The Balaban J connectivity index is 3.06. The molecule has 0 atom stereocenters. The molecule has 0 heterocycles. The van der Waals surface area contributed by atoms with Crippen molar-refractivity contribution in [1.82, 2.24) is 0 Å². The molecule has 86 valence electrons. The summed E-state index contributed by atoms with van der Waals surface area (Å²) >= 11 is 10.7. The van der Waals surface area contributed by atoms with Gasteiger partial charge in [-0.25, -0.2) is 0 Å². The number of rotatable bonds is 3. The van der Waals surface area contributed by atoms with E-state index in [4.69, 9.17) is 29.6 Å². The van der Waals surface area contributed by atoms with E-state index in [9.17, 15) is 4.79 Å². The molecule has 0 saturated heterocycles. The number of carbonyl (C=O) groups is 1. The van der Waals surface area contributed by atoms with E-state index >= 15 is 0 Å². The number of nitrogens with one attached hydrogen (secondary N) is 1. The Morgan fingerprint density at radius 2 is 2.12 bits per heavy atom. The van der Waals surface area contributed by atoms with E-state index in [0.717, 1.165) is 0 Å². The van der Waals surface area contributed by atoms with Crippen LogP contribution in [0, 0.1) is 5.92 Å². The average Bonchev–Trinajstić information content (AvgIpc) is 2.16. The summed E-state index contributed by atoms with van der Waals surface area (Å²) in [5, 5.41) is 3.27. The molecule has 16 heavy (non-hydrogen) atoms. The van der Waals surface area contributed by atoms with Gasteiger partial charge in [-0.1, -0.05) is 37.7 Å². The van der Waals surface area contributed by atoms with Crippen molar-refractivity contribution in [2.45, 2.75) is 13.8 Å². The molecular formula is C11H13ClN2OS. The van der Waals surface area contributed by atoms with E-state index < -0.39 is 0 Å². The van der Waals surface area contributed by atoms with Crippen molar-refractivity contribution in [2.75, 3.05) is 5.32 Å². The van der Waals surface area contributed by atoms with Gasteiger partial charge in [-0.2, -0.15) is 0 Å². The average molecular weight is 257 g/mol. The van der Waals surface area contributed by atoms with Crippen LogP contribution in [-0.4, -0.2) is 10.9 Å². The first-order valence-corrected chi connectivity index (χ1v) is 5.60. The van der Waals surface area contributed by atoms with Crippen molar-refractivity contribution >= 4 is 40.4 Å². The molecule has 0 aliphatic carbocycles. The highest BCUT2D eigenvalue weighted by Crippen LogP contribution is 2.21. The first-order chi connectivity index (χ1) is 7.41. The van der Waals surface area contributed by atoms with Crippen molar-refractivity contribution in [3.8, 4) is 0 Å². The van der Waals surface area contributed by atoms with Gasteiger partial charge in [0.15, 0.2) is 0 Å². The van der Waals surface area contributed by atoms with E-state index in [1.165, 1.54) is 0 Å². The minimum Gasteiger partial charge on any atom is -0.389 e. The van der Waals surface area contributed by atoms with Gasteiger partial charge in [0, 0.05) is 16.5 Å². The Morgan fingerprint density at radius 1 is 1.50 bits per heavy atom. The van der Waals surface area contributed by atoms with Crippen molar-refractivity contribution < 1.29 is 4.79 Å². The van der Waals surface area contributed by atoms with Crippen LogP contribution in [0.1, 0.15) is 19.4 Å². The fraction of sp³-hybridized carbons (Fsp3) is 0.273. The van der Waals surface area contributed by atoms with E-state index in [-0.39, 0.29) is 16.8 Å². The van der Waals surface area contributed by atoms with Gasteiger partial charge in [-0.3, -0.25) is 4.79 Å². The number of amides is 1. The molecule has 3 nitrogen and oxygen atoms in total. The molecular weight excluding hydrogens is 244 g/mol. The van der Waals surface area contributed by atoms with E-state index in [1.54, 1.807) is 32.0 Å². The number of hydrogen-bond acceptors (Lipinski definition) is 2. The summed E-state index contributed by atoms with van der Waals surface area (Å²) < 4.78 is 0. The van der Waals surface area contributed by atoms with Gasteiger partial charge in [-0.05, 0) is 18.2 Å². The first-order valence-electron chi connectivity index (χ1n) is 4.82. The number of nitrogens with two attached hydrogens (primary N) is 1. The lowest BCUT2D eigenvalue weighted by molar-refractivity contribution is -0.118. The van der Waals surface area contributed by atoms with Crippen LogP contribution in [0.5, 0.6) is 0 Å². The van der Waals surface area contributed by atoms with Crippen LogP contribution in [0.25, 0.3) is 0 Å². The Hall–Kier alpha value is -1.13. The highest BCUT2D eigenvalue weighted by atomic mass is 35.5. The Bertz CT molecular complexity index is 432. The van der Waals surface area contributed by atoms with Crippen molar-refractivity contribution in [3.05, 3.63) is 28.8 Å². The second-order valence-corrected chi connectivity index (χ2v) is 4.57. The highest BCUT2D eigenvalue weighted by Gasteiger charge is 2.11. The molecule has 0 fully saturated rings. The predicted molar refractivity (Wildman–Crippen MR) is 70.8 cm³/mol. The zero-order valence-electron chi connectivity index (χ0n) is 9.08. The smallest absolute Gasteiger partial charge is 0.226 e. The standard InChI is InChI=1S/C11H13ClN2OS/c1-6(2)11(15)14-9-5-7(12)3-4-8(9)10(13)16/h3-6H,1-2H3,(H2,13,16)(H,14,15). The lowest BCUT2D eigenvalue weighted by Gasteiger charge is -2.12. The fourth-order valence-corrected chi connectivity index (χ4v) is 1.46. The second kappa shape index (κ2) is 5.27. The number of anilines is 1. The van der Waals surface area contributed by atoms with Crippen LogP contribution < -0.4 is 11.1 Å². The monoisotopic (exact) mass is 256 g/mol. The minimum atomic E-state index is -0.113. The van der Waals surface area contributed by atoms with Gasteiger partial charge in [0.05, 0.1) is 5.69 Å². The second-order valence-electron chi connectivity index (χ2n) is 3.70. The Kier molecular flexibility index (Phi) is 4.26. The molecule has 1 aromatic rings. The number of hydrogen-bond donors (Lipinski definition) is 2. The van der Waals surface area contributed by atoms with Crippen LogP contribution in [0.3, 0.4) is 0 Å². The van der Waals surface area contributed by atoms with Crippen LogP contribution in [0.15, 0.2) is 18.2 Å². The van der Waals surface area contributed by atoms with Gasteiger partial charge in [0.2, 0.25) is 5.91 Å². The van der Waals surface area contributed by atoms with Gasteiger partial charge in [-0.15, -0.1) is 0 Å². The normalized spacial score (nSPS) is 10.2. The van der Waals surface area contributed by atoms with Gasteiger partial charge in [0.1, 0.15) is 4.99 Å². The molecule has 5 heteroatoms.